The summed E-state index contributed by atoms with van der Waals surface area (Å²) in [5.74, 6) is -1.40. The lowest BCUT2D eigenvalue weighted by molar-refractivity contribution is -0.161. The van der Waals surface area contributed by atoms with Gasteiger partial charge >= 0.3 is 31.5 Å². The first-order valence-corrected chi connectivity index (χ1v) is 30.0. The van der Waals surface area contributed by atoms with E-state index >= 15 is 0 Å². The van der Waals surface area contributed by atoms with Crippen LogP contribution in [0.15, 0.2) is 53.4 Å². The second-order valence-electron chi connectivity index (χ2n) is 19.5. The number of fused-ring (bicyclic) bond motifs is 1. The van der Waals surface area contributed by atoms with Gasteiger partial charge in [0, 0.05) is 32.1 Å². The molecule has 0 aliphatic heterocycles. The summed E-state index contributed by atoms with van der Waals surface area (Å²) >= 11 is 0. The van der Waals surface area contributed by atoms with Gasteiger partial charge in [-0.05, 0) is 81.9 Å². The van der Waals surface area contributed by atoms with Crippen LogP contribution in [0.1, 0.15) is 210 Å². The quantitative estimate of drug-likeness (QED) is 0.0178. The summed E-state index contributed by atoms with van der Waals surface area (Å²) in [4.78, 5) is 73.0. The van der Waals surface area contributed by atoms with Crippen LogP contribution in [0.4, 0.5) is 5.82 Å². The van der Waals surface area contributed by atoms with Crippen molar-refractivity contribution in [2.45, 2.75) is 206 Å². The molecule has 3 aromatic rings. The summed E-state index contributed by atoms with van der Waals surface area (Å²) in [5, 5.41) is 2.63. The third-order valence-electron chi connectivity index (χ3n) is 12.8. The molecule has 0 aliphatic rings. The molecular weight excluding hydrogens is 992 g/mol. The van der Waals surface area contributed by atoms with E-state index in [9.17, 15) is 28.6 Å². The van der Waals surface area contributed by atoms with E-state index in [1.807, 2.05) is 0 Å². The van der Waals surface area contributed by atoms with Gasteiger partial charge in [0.1, 0.15) is 18.7 Å². The van der Waals surface area contributed by atoms with Crippen molar-refractivity contribution in [3.05, 3.63) is 70.2 Å². The van der Waals surface area contributed by atoms with Gasteiger partial charge in [-0.3, -0.25) is 28.0 Å². The number of anilines is 1. The summed E-state index contributed by atoms with van der Waals surface area (Å²) in [6.45, 7) is 3.66. The fraction of sp³-hybridized carbons (Fsp3) is 0.684. The van der Waals surface area contributed by atoms with E-state index in [1.54, 1.807) is 24.3 Å². The highest BCUT2D eigenvalue weighted by Crippen LogP contribution is 2.43. The predicted molar refractivity (Wildman–Crippen MR) is 299 cm³/mol. The van der Waals surface area contributed by atoms with Crippen LogP contribution in [0.2, 0.25) is 0 Å². The van der Waals surface area contributed by atoms with Crippen LogP contribution in [0.25, 0.3) is 11.2 Å². The van der Waals surface area contributed by atoms with Crippen molar-refractivity contribution in [3.63, 3.8) is 0 Å². The average molecular weight is 1090 g/mol. The monoisotopic (exact) mass is 1080 g/mol. The van der Waals surface area contributed by atoms with Crippen LogP contribution in [0.5, 0.6) is 6.01 Å². The molecule has 3 rings (SSSR count). The van der Waals surface area contributed by atoms with Gasteiger partial charge in [0.15, 0.2) is 17.6 Å². The molecule has 2 atom stereocenters. The maximum absolute atomic E-state index is 12.9. The molecule has 0 aliphatic carbocycles. The lowest BCUT2D eigenvalue weighted by Gasteiger charge is -2.20. The van der Waals surface area contributed by atoms with Crippen molar-refractivity contribution in [3.8, 4) is 6.01 Å². The van der Waals surface area contributed by atoms with E-state index in [0.717, 1.165) is 77.0 Å². The Labute approximate surface area is 452 Å². The number of nitrogens with one attached hydrogen (secondary N) is 2. The number of carbonyl (C=O) groups is 3. The first-order valence-electron chi connectivity index (χ1n) is 28.5. The molecule has 5 N–H and O–H groups in total. The number of ether oxygens (including phenoxy) is 4. The summed E-state index contributed by atoms with van der Waals surface area (Å²) in [6, 6.07) is 6.48. The SMILES string of the molecule is CCCCCCCCC=CCCCCCCCC(=O)OC[C@H](COP(=O)(O)OCCNC(=O)c1ccc(Cn2c(=O)[nH]c3c(N)nc(OCCOC)nc32)cc1)OC(=O)CCCCCCCC=CCCCCCCCC. The molecule has 0 saturated carbocycles. The van der Waals surface area contributed by atoms with Crippen molar-refractivity contribution >= 4 is 42.7 Å². The number of aromatic amines is 1. The number of benzene rings is 1. The van der Waals surface area contributed by atoms with Gasteiger partial charge in [-0.15, -0.1) is 0 Å². The number of rotatable bonds is 47. The number of H-pyrrole nitrogens is 1. The summed E-state index contributed by atoms with van der Waals surface area (Å²) in [5.41, 5.74) is 7.08. The highest BCUT2D eigenvalue weighted by Gasteiger charge is 2.26. The highest BCUT2D eigenvalue weighted by molar-refractivity contribution is 7.47. The second-order valence-corrected chi connectivity index (χ2v) is 20.9. The lowest BCUT2D eigenvalue weighted by Crippen LogP contribution is -2.30. The zero-order chi connectivity index (χ0) is 54.9. The molecule has 2 aromatic heterocycles. The fourth-order valence-electron chi connectivity index (χ4n) is 8.34. The number of phosphoric ester groups is 1. The number of nitrogen functional groups attached to an aromatic ring is 1. The van der Waals surface area contributed by atoms with Crippen molar-refractivity contribution in [1.29, 1.82) is 0 Å². The molecule has 0 saturated heterocycles. The highest BCUT2D eigenvalue weighted by atomic mass is 31.2. The summed E-state index contributed by atoms with van der Waals surface area (Å²) in [6.07, 6.45) is 37.9. The normalized spacial score (nSPS) is 12.9. The Balaban J connectivity index is 1.41. The van der Waals surface area contributed by atoms with E-state index in [-0.39, 0.29) is 74.3 Å². The van der Waals surface area contributed by atoms with Crippen molar-refractivity contribution in [2.75, 3.05) is 52.4 Å². The number of hydrogen-bond donors (Lipinski definition) is 4. The molecule has 0 fully saturated rings. The van der Waals surface area contributed by atoms with Gasteiger partial charge < -0.3 is 39.9 Å². The number of carbonyl (C=O) groups excluding carboxylic acids is 3. The Morgan fingerprint density at radius 2 is 1.22 bits per heavy atom. The summed E-state index contributed by atoms with van der Waals surface area (Å²) in [7, 11) is -3.16. The molecule has 428 valence electrons. The van der Waals surface area contributed by atoms with E-state index in [0.29, 0.717) is 25.0 Å². The number of methoxy groups -OCH3 is 1. The number of nitrogens with two attached hydrogens (primary N) is 1. The molecule has 76 heavy (non-hydrogen) atoms. The van der Waals surface area contributed by atoms with E-state index < -0.39 is 44.1 Å². The third-order valence-corrected chi connectivity index (χ3v) is 13.8. The van der Waals surface area contributed by atoms with E-state index in [1.165, 1.54) is 88.7 Å². The van der Waals surface area contributed by atoms with Crippen LogP contribution in [0, 0.1) is 0 Å². The summed E-state index contributed by atoms with van der Waals surface area (Å²) < 4.78 is 46.2. The Morgan fingerprint density at radius 3 is 1.78 bits per heavy atom. The van der Waals surface area contributed by atoms with Crippen LogP contribution in [-0.2, 0) is 44.0 Å². The van der Waals surface area contributed by atoms with Crippen LogP contribution in [-0.4, -0.2) is 95.1 Å². The molecule has 0 bridgehead atoms. The number of phosphoric acid groups is 1. The van der Waals surface area contributed by atoms with Crippen molar-refractivity contribution in [1.82, 2.24) is 24.8 Å². The molecule has 19 heteroatoms. The van der Waals surface area contributed by atoms with Gasteiger partial charge in [-0.1, -0.05) is 153 Å². The second kappa shape index (κ2) is 41.3. The lowest BCUT2D eigenvalue weighted by atomic mass is 10.1. The zero-order valence-corrected chi connectivity index (χ0v) is 47.1. The Kier molecular flexibility index (Phi) is 35.5. The zero-order valence-electron chi connectivity index (χ0n) is 46.2. The maximum Gasteiger partial charge on any atom is 0.472 e. The number of amides is 1. The molecular formula is C57H93N6O12P. The van der Waals surface area contributed by atoms with E-state index in [2.05, 4.69) is 58.4 Å². The Hall–Kier alpha value is -4.87. The van der Waals surface area contributed by atoms with Crippen LogP contribution < -0.4 is 21.5 Å². The molecule has 1 amide bonds. The number of imidazole rings is 1. The standard InChI is InChI=1S/C57H93N6O12P/c1-4-6-8-10-12-14-16-18-20-22-24-26-28-30-32-34-50(64)72-45-49(75-51(65)35-33-31-29-27-25-23-21-19-17-15-13-11-9-7-5-2)46-74-76(68,69)73-41-40-59-55(66)48-38-36-47(37-39-48)44-63-54-52(60-57(63)67)53(58)61-56(62-54)71-43-42-70-3/h18-21,36-39,49H,4-17,22-35,40-46H2,1-3H3,(H,59,66)(H,60,67)(H,68,69)(H2,58,61,62)/t49-/m1/s1. The van der Waals surface area contributed by atoms with Crippen molar-refractivity contribution in [2.24, 2.45) is 0 Å². The van der Waals surface area contributed by atoms with Gasteiger partial charge in [-0.2, -0.15) is 9.97 Å². The maximum atomic E-state index is 12.9. The van der Waals surface area contributed by atoms with E-state index in [4.69, 9.17) is 33.7 Å². The topological polar surface area (TPSA) is 246 Å². The van der Waals surface area contributed by atoms with Crippen LogP contribution in [0.3, 0.4) is 0 Å². The molecule has 0 spiro atoms. The third kappa shape index (κ3) is 30.2. The first kappa shape index (κ1) is 65.4. The molecule has 1 unspecified atom stereocenters. The first-order chi connectivity index (χ1) is 37.0. The molecule has 0 radical (unpaired) electrons. The Morgan fingerprint density at radius 1 is 0.697 bits per heavy atom. The molecule has 2 heterocycles. The number of unbranched alkanes of at least 4 members (excludes halogenated alkanes) is 22. The van der Waals surface area contributed by atoms with Crippen molar-refractivity contribution < 1.29 is 51.8 Å². The molecule has 1 aromatic carbocycles. The number of allylic oxidation sites excluding steroid dienone is 4. The predicted octanol–water partition coefficient (Wildman–Crippen LogP) is 12.2. The molecule has 18 nitrogen and oxygen atoms in total. The smallest absolute Gasteiger partial charge is 0.462 e. The number of esters is 2. The minimum atomic E-state index is -4.69. The van der Waals surface area contributed by atoms with Gasteiger partial charge in [0.2, 0.25) is 0 Å². The number of aromatic nitrogens is 4. The largest absolute Gasteiger partial charge is 0.472 e. The number of hydrogen-bond acceptors (Lipinski definition) is 14. The minimum Gasteiger partial charge on any atom is -0.462 e. The van der Waals surface area contributed by atoms with Crippen LogP contribution >= 0.6 is 7.82 Å². The van der Waals surface area contributed by atoms with Gasteiger partial charge in [0.25, 0.3) is 5.91 Å². The Bertz CT molecular complexity index is 2210. The van der Waals surface area contributed by atoms with Gasteiger partial charge in [0.05, 0.1) is 26.4 Å². The minimum absolute atomic E-state index is 0.00346. The van der Waals surface area contributed by atoms with Gasteiger partial charge in [-0.25, -0.2) is 9.36 Å². The fourth-order valence-corrected chi connectivity index (χ4v) is 9.10. The number of nitrogens with zero attached hydrogens (tertiary/aromatic N) is 3. The average Bonchev–Trinajstić information content (AvgIpc) is 3.74.